The lowest BCUT2D eigenvalue weighted by molar-refractivity contribution is 0.0216. The number of ether oxygens (including phenoxy) is 1. The van der Waals surface area contributed by atoms with Crippen molar-refractivity contribution < 1.29 is 14.9 Å². The van der Waals surface area contributed by atoms with E-state index in [1.54, 1.807) is 0 Å². The van der Waals surface area contributed by atoms with E-state index in [2.05, 4.69) is 64.6 Å². The maximum atomic E-state index is 10.4. The Hall–Kier alpha value is -1.53. The topological polar surface area (TPSA) is 52.9 Å². The van der Waals surface area contributed by atoms with Crippen LogP contribution in [0.25, 0.3) is 0 Å². The van der Waals surface area contributed by atoms with Crippen molar-refractivity contribution in [1.82, 2.24) is 4.90 Å². The quantitative estimate of drug-likeness (QED) is 0.204. The maximum absolute atomic E-state index is 10.4. The van der Waals surface area contributed by atoms with Crippen molar-refractivity contribution in [3.05, 3.63) is 64.6 Å². The molecule has 1 rings (SSSR count). The second-order valence-corrected chi connectivity index (χ2v) is 12.2. The van der Waals surface area contributed by atoms with Crippen LogP contribution < -0.4 is 4.74 Å². The number of benzene rings is 1. The minimum absolute atomic E-state index is 0.127. The molecule has 1 aromatic carbocycles. The lowest BCUT2D eigenvalue weighted by Gasteiger charge is -2.36. The minimum atomic E-state index is -0.570. The van der Waals surface area contributed by atoms with E-state index in [4.69, 9.17) is 4.74 Å². The molecular formula is C31H51NO3S. The Morgan fingerprint density at radius 1 is 1.17 bits per heavy atom. The number of nitrogens with zero attached hydrogens (tertiary/aromatic N) is 1. The summed E-state index contributed by atoms with van der Waals surface area (Å²) in [6, 6.07) is 6.48. The summed E-state index contributed by atoms with van der Waals surface area (Å²) < 4.78 is 6.02. The first-order valence-electron chi connectivity index (χ1n) is 13.1. The van der Waals surface area contributed by atoms with Crippen molar-refractivity contribution in [2.75, 3.05) is 26.5 Å². The molecule has 3 unspecified atom stereocenters. The van der Waals surface area contributed by atoms with Gasteiger partial charge in [0, 0.05) is 11.2 Å². The van der Waals surface area contributed by atoms with Gasteiger partial charge in [-0.15, -0.1) is 18.3 Å². The number of hydrogen-bond donors (Lipinski definition) is 2. The molecule has 0 aromatic heterocycles. The Morgan fingerprint density at radius 3 is 2.25 bits per heavy atom. The van der Waals surface area contributed by atoms with E-state index in [1.807, 2.05) is 64.5 Å². The van der Waals surface area contributed by atoms with Gasteiger partial charge in [0.2, 0.25) is 0 Å². The van der Waals surface area contributed by atoms with E-state index >= 15 is 0 Å². The van der Waals surface area contributed by atoms with Crippen LogP contribution in [0.5, 0.6) is 5.75 Å². The molecule has 0 saturated heterocycles. The van der Waals surface area contributed by atoms with Crippen molar-refractivity contribution in [2.45, 2.75) is 86.0 Å². The van der Waals surface area contributed by atoms with E-state index in [-0.39, 0.29) is 23.4 Å². The molecule has 5 heteroatoms. The Kier molecular flexibility index (Phi) is 13.0. The number of aryl methyl sites for hydroxylation is 1. The van der Waals surface area contributed by atoms with Gasteiger partial charge < -0.3 is 14.9 Å². The molecule has 0 saturated carbocycles. The summed E-state index contributed by atoms with van der Waals surface area (Å²) in [5.74, 6) is 1.86. The van der Waals surface area contributed by atoms with Crippen molar-refractivity contribution in [3.8, 4) is 5.75 Å². The van der Waals surface area contributed by atoms with Crippen molar-refractivity contribution in [2.24, 2.45) is 11.3 Å². The van der Waals surface area contributed by atoms with Gasteiger partial charge in [-0.05, 0) is 79.8 Å². The van der Waals surface area contributed by atoms with Crippen molar-refractivity contribution in [3.63, 3.8) is 0 Å². The number of hydrogen-bond acceptors (Lipinski definition) is 5. The number of aliphatic hydroxyl groups excluding tert-OH is 2. The first kappa shape index (κ1) is 32.5. The number of likely N-dealkylation sites (N-methyl/N-ethyl adjacent to an activating group) is 1. The van der Waals surface area contributed by atoms with Crippen LogP contribution in [-0.2, 0) is 5.41 Å². The Morgan fingerprint density at radius 2 is 1.78 bits per heavy atom. The zero-order chi connectivity index (χ0) is 27.7. The van der Waals surface area contributed by atoms with Gasteiger partial charge in [-0.3, -0.25) is 4.90 Å². The smallest absolute Gasteiger partial charge is 0.128 e. The standard InChI is InChI=1S/C31H51NO3S/c1-12-22(4)19-28(36-18-17-23(5)29(34)32(10)11)31(13-2,14-3)25-15-16-26(24(6)20-25)35-21-27(33)30(7,8)9/h12,15-17,19-20,22,27,29,33-34H,1,13-14,18,21H2,2-11H3/b23-17+,28-19-. The van der Waals surface area contributed by atoms with Gasteiger partial charge >= 0.3 is 0 Å². The summed E-state index contributed by atoms with van der Waals surface area (Å²) in [5.41, 5.74) is 2.96. The van der Waals surface area contributed by atoms with Gasteiger partial charge in [0.05, 0.1) is 6.10 Å². The molecule has 0 fully saturated rings. The van der Waals surface area contributed by atoms with Crippen LogP contribution in [0.4, 0.5) is 0 Å². The second kappa shape index (κ2) is 14.4. The van der Waals surface area contributed by atoms with Crippen molar-refractivity contribution >= 4 is 11.8 Å². The van der Waals surface area contributed by atoms with Gasteiger partial charge in [0.15, 0.2) is 0 Å². The highest BCUT2D eigenvalue weighted by Gasteiger charge is 2.34. The molecule has 2 N–H and O–H groups in total. The van der Waals surface area contributed by atoms with Gasteiger partial charge in [0.1, 0.15) is 18.6 Å². The highest BCUT2D eigenvalue weighted by molar-refractivity contribution is 8.03. The average molecular weight is 518 g/mol. The lowest BCUT2D eigenvalue weighted by atomic mass is 9.74. The monoisotopic (exact) mass is 517 g/mol. The number of aliphatic hydroxyl groups is 2. The molecule has 0 bridgehead atoms. The molecule has 0 amide bonds. The Bertz CT molecular complexity index is 894. The fourth-order valence-electron chi connectivity index (χ4n) is 4.10. The fourth-order valence-corrected chi connectivity index (χ4v) is 5.62. The molecule has 0 heterocycles. The van der Waals surface area contributed by atoms with Gasteiger partial charge in [-0.1, -0.05) is 71.9 Å². The Balaban J connectivity index is 3.34. The van der Waals surface area contributed by atoms with Gasteiger partial charge in [0.25, 0.3) is 0 Å². The molecule has 204 valence electrons. The normalized spacial score (nSPS) is 16.1. The predicted molar refractivity (Wildman–Crippen MR) is 158 cm³/mol. The van der Waals surface area contributed by atoms with E-state index in [0.29, 0.717) is 0 Å². The minimum Gasteiger partial charge on any atom is -0.491 e. The van der Waals surface area contributed by atoms with E-state index in [0.717, 1.165) is 35.5 Å². The molecule has 0 aliphatic heterocycles. The molecule has 1 aromatic rings. The zero-order valence-electron chi connectivity index (χ0n) is 24.4. The van der Waals surface area contributed by atoms with Crippen LogP contribution in [0.3, 0.4) is 0 Å². The molecule has 4 nitrogen and oxygen atoms in total. The lowest BCUT2D eigenvalue weighted by Crippen LogP contribution is -2.32. The molecular weight excluding hydrogens is 466 g/mol. The fraction of sp³-hybridized carbons (Fsp3) is 0.613. The maximum Gasteiger partial charge on any atom is 0.128 e. The third-order valence-electron chi connectivity index (χ3n) is 7.13. The van der Waals surface area contributed by atoms with Crippen LogP contribution in [0.1, 0.15) is 72.4 Å². The van der Waals surface area contributed by atoms with Gasteiger partial charge in [-0.2, -0.15) is 0 Å². The number of thioether (sulfide) groups is 1. The third kappa shape index (κ3) is 8.79. The first-order chi connectivity index (χ1) is 16.7. The molecule has 0 aliphatic rings. The highest BCUT2D eigenvalue weighted by Crippen LogP contribution is 2.46. The number of allylic oxidation sites excluding steroid dienone is 3. The SMILES string of the molecule is C=CC(C)/C=C(\SC/C=C(\C)C(O)N(C)C)C(CC)(CC)c1ccc(OCC(O)C(C)(C)C)c(C)c1. The summed E-state index contributed by atoms with van der Waals surface area (Å²) in [6.45, 7) is 21.1. The molecule has 36 heavy (non-hydrogen) atoms. The van der Waals surface area contributed by atoms with Crippen LogP contribution in [0.15, 0.2) is 53.5 Å². The molecule has 0 spiro atoms. The summed E-state index contributed by atoms with van der Waals surface area (Å²) in [5, 5.41) is 20.7. The summed E-state index contributed by atoms with van der Waals surface area (Å²) in [4.78, 5) is 3.14. The molecule has 0 radical (unpaired) electrons. The third-order valence-corrected chi connectivity index (χ3v) is 8.30. The molecule has 3 atom stereocenters. The highest BCUT2D eigenvalue weighted by atomic mass is 32.2. The van der Waals surface area contributed by atoms with E-state index in [1.165, 1.54) is 10.5 Å². The largest absolute Gasteiger partial charge is 0.491 e. The van der Waals surface area contributed by atoms with E-state index < -0.39 is 12.3 Å². The van der Waals surface area contributed by atoms with E-state index in [9.17, 15) is 10.2 Å². The summed E-state index contributed by atoms with van der Waals surface area (Å²) in [6.07, 6.45) is 7.29. The molecule has 0 aliphatic carbocycles. The zero-order valence-corrected chi connectivity index (χ0v) is 25.2. The van der Waals surface area contributed by atoms with Gasteiger partial charge in [-0.25, -0.2) is 0 Å². The number of rotatable bonds is 14. The predicted octanol–water partition coefficient (Wildman–Crippen LogP) is 7.10. The average Bonchev–Trinajstić information content (AvgIpc) is 2.82. The Labute approximate surface area is 225 Å². The summed E-state index contributed by atoms with van der Waals surface area (Å²) in [7, 11) is 3.76. The van der Waals surface area contributed by atoms with Crippen LogP contribution in [0, 0.1) is 18.3 Å². The van der Waals surface area contributed by atoms with Crippen molar-refractivity contribution in [1.29, 1.82) is 0 Å². The summed E-state index contributed by atoms with van der Waals surface area (Å²) >= 11 is 1.84. The van der Waals surface area contributed by atoms with Crippen LogP contribution in [0.2, 0.25) is 0 Å². The van der Waals surface area contributed by atoms with Crippen LogP contribution in [-0.4, -0.2) is 53.9 Å². The second-order valence-electron chi connectivity index (χ2n) is 11.2. The first-order valence-corrected chi connectivity index (χ1v) is 14.1. The van der Waals surface area contributed by atoms with Crippen LogP contribution >= 0.6 is 11.8 Å².